The minimum absolute atomic E-state index is 0.150. The van der Waals surface area contributed by atoms with E-state index in [2.05, 4.69) is 9.88 Å². The molecule has 1 aliphatic heterocycles. The van der Waals surface area contributed by atoms with Gasteiger partial charge in [-0.3, -0.25) is 0 Å². The molecule has 1 aromatic heterocycles. The molecule has 1 fully saturated rings. The van der Waals surface area contributed by atoms with Crippen molar-refractivity contribution >= 4 is 22.6 Å². The standard InChI is InChI=1S/C23H23F3N4O2/c1-32-19-9-8-18(17-7-10-20(23(24,25)26)28-21(17)19)29-11-12-30(22(27)31)16(14-29)13-15-5-3-2-4-6-15/h2-10,16H,11-14H2,1H3,(H2,27,31). The number of halogens is 3. The highest BCUT2D eigenvalue weighted by molar-refractivity contribution is 5.96. The number of piperazine rings is 1. The van der Waals surface area contributed by atoms with Crippen molar-refractivity contribution in [3.05, 3.63) is 65.9 Å². The number of methoxy groups -OCH3 is 1. The number of primary amides is 1. The number of benzene rings is 2. The Labute approximate surface area is 183 Å². The van der Waals surface area contributed by atoms with Crippen molar-refractivity contribution in [2.45, 2.75) is 18.6 Å². The molecule has 9 heteroatoms. The fourth-order valence-electron chi connectivity index (χ4n) is 4.20. The largest absolute Gasteiger partial charge is 0.494 e. The highest BCUT2D eigenvalue weighted by atomic mass is 19.4. The van der Waals surface area contributed by atoms with Crippen LogP contribution in [0.2, 0.25) is 0 Å². The number of urea groups is 1. The van der Waals surface area contributed by atoms with Gasteiger partial charge in [0.05, 0.1) is 13.2 Å². The van der Waals surface area contributed by atoms with Crippen LogP contribution in [0.25, 0.3) is 10.9 Å². The highest BCUT2D eigenvalue weighted by Crippen LogP contribution is 2.37. The van der Waals surface area contributed by atoms with Crippen LogP contribution in [-0.4, -0.2) is 48.7 Å². The predicted octanol–water partition coefficient (Wildman–Crippen LogP) is 4.07. The second-order valence-electron chi connectivity index (χ2n) is 7.70. The number of alkyl halides is 3. The van der Waals surface area contributed by atoms with Gasteiger partial charge in [0.1, 0.15) is 17.0 Å². The lowest BCUT2D eigenvalue weighted by molar-refractivity contribution is -0.140. The van der Waals surface area contributed by atoms with E-state index in [9.17, 15) is 18.0 Å². The summed E-state index contributed by atoms with van der Waals surface area (Å²) < 4.78 is 44.9. The summed E-state index contributed by atoms with van der Waals surface area (Å²) in [4.78, 5) is 19.6. The Kier molecular flexibility index (Phi) is 5.82. The monoisotopic (exact) mass is 444 g/mol. The van der Waals surface area contributed by atoms with Crippen LogP contribution in [0.15, 0.2) is 54.6 Å². The first-order valence-electron chi connectivity index (χ1n) is 10.2. The van der Waals surface area contributed by atoms with Crippen LogP contribution in [0.4, 0.5) is 23.7 Å². The molecule has 1 aliphatic rings. The maximum atomic E-state index is 13.2. The predicted molar refractivity (Wildman–Crippen MR) is 116 cm³/mol. The Bertz CT molecular complexity index is 1120. The molecule has 3 aromatic rings. The minimum atomic E-state index is -4.55. The number of carbonyl (C=O) groups is 1. The van der Waals surface area contributed by atoms with E-state index < -0.39 is 17.9 Å². The Morgan fingerprint density at radius 2 is 1.88 bits per heavy atom. The van der Waals surface area contributed by atoms with Crippen molar-refractivity contribution in [2.75, 3.05) is 31.6 Å². The van der Waals surface area contributed by atoms with Gasteiger partial charge >= 0.3 is 12.2 Å². The molecule has 0 saturated carbocycles. The van der Waals surface area contributed by atoms with Crippen LogP contribution in [0, 0.1) is 0 Å². The van der Waals surface area contributed by atoms with Crippen molar-refractivity contribution in [1.29, 1.82) is 0 Å². The lowest BCUT2D eigenvalue weighted by atomic mass is 10.0. The number of carbonyl (C=O) groups excluding carboxylic acids is 1. The summed E-state index contributed by atoms with van der Waals surface area (Å²) in [5.74, 6) is 0.270. The van der Waals surface area contributed by atoms with Gasteiger partial charge in [0, 0.05) is 30.7 Å². The zero-order valence-corrected chi connectivity index (χ0v) is 17.5. The van der Waals surface area contributed by atoms with Crippen LogP contribution in [0.3, 0.4) is 0 Å². The number of hydrogen-bond acceptors (Lipinski definition) is 4. The van der Waals surface area contributed by atoms with Crippen molar-refractivity contribution in [3.63, 3.8) is 0 Å². The molecule has 1 saturated heterocycles. The number of nitrogens with zero attached hydrogens (tertiary/aromatic N) is 3. The van der Waals surface area contributed by atoms with Gasteiger partial charge in [-0.1, -0.05) is 30.3 Å². The summed E-state index contributed by atoms with van der Waals surface area (Å²) in [6.45, 7) is 1.39. The molecule has 168 valence electrons. The average molecular weight is 444 g/mol. The number of pyridine rings is 1. The maximum Gasteiger partial charge on any atom is 0.433 e. The molecule has 0 radical (unpaired) electrons. The third-order valence-corrected chi connectivity index (χ3v) is 5.73. The minimum Gasteiger partial charge on any atom is -0.494 e. The molecular weight excluding hydrogens is 421 g/mol. The summed E-state index contributed by atoms with van der Waals surface area (Å²) in [5.41, 5.74) is 6.61. The lowest BCUT2D eigenvalue weighted by Crippen LogP contribution is -2.57. The van der Waals surface area contributed by atoms with Gasteiger partial charge in [-0.05, 0) is 36.2 Å². The Balaban J connectivity index is 1.71. The fourth-order valence-corrected chi connectivity index (χ4v) is 4.20. The normalized spacial score (nSPS) is 16.9. The number of aromatic nitrogens is 1. The molecule has 4 rings (SSSR count). The van der Waals surface area contributed by atoms with E-state index in [1.54, 1.807) is 11.0 Å². The van der Waals surface area contributed by atoms with Gasteiger partial charge < -0.3 is 20.3 Å². The lowest BCUT2D eigenvalue weighted by Gasteiger charge is -2.42. The zero-order valence-electron chi connectivity index (χ0n) is 17.5. The van der Waals surface area contributed by atoms with Crippen LogP contribution in [-0.2, 0) is 12.6 Å². The molecule has 2 N–H and O–H groups in total. The number of nitrogens with two attached hydrogens (primary N) is 1. The summed E-state index contributed by atoms with van der Waals surface area (Å²) in [6.07, 6.45) is -3.94. The summed E-state index contributed by atoms with van der Waals surface area (Å²) >= 11 is 0. The smallest absolute Gasteiger partial charge is 0.433 e. The van der Waals surface area contributed by atoms with Gasteiger partial charge in [0.15, 0.2) is 0 Å². The third kappa shape index (κ3) is 4.28. The third-order valence-electron chi connectivity index (χ3n) is 5.73. The molecule has 0 spiro atoms. The number of anilines is 1. The first kappa shape index (κ1) is 21.7. The van der Waals surface area contributed by atoms with Gasteiger partial charge in [-0.25, -0.2) is 9.78 Å². The number of ether oxygens (including phenoxy) is 1. The SMILES string of the molecule is COc1ccc(N2CCN(C(N)=O)C(Cc3ccccc3)C2)c2ccc(C(F)(F)F)nc12. The molecule has 2 aromatic carbocycles. The zero-order chi connectivity index (χ0) is 22.9. The highest BCUT2D eigenvalue weighted by Gasteiger charge is 2.34. The molecule has 1 unspecified atom stereocenters. The molecular formula is C23H23F3N4O2. The van der Waals surface area contributed by atoms with Crippen LogP contribution in [0.1, 0.15) is 11.3 Å². The van der Waals surface area contributed by atoms with Crippen molar-refractivity contribution in [3.8, 4) is 5.75 Å². The molecule has 0 bridgehead atoms. The summed E-state index contributed by atoms with van der Waals surface area (Å²) in [6, 6.07) is 15.0. The van der Waals surface area contributed by atoms with E-state index in [1.165, 1.54) is 13.2 Å². The number of rotatable bonds is 4. The maximum absolute atomic E-state index is 13.2. The summed E-state index contributed by atoms with van der Waals surface area (Å²) in [7, 11) is 1.40. The van der Waals surface area contributed by atoms with Crippen LogP contribution >= 0.6 is 0 Å². The van der Waals surface area contributed by atoms with E-state index in [0.29, 0.717) is 31.4 Å². The molecule has 0 aliphatic carbocycles. The van der Waals surface area contributed by atoms with E-state index >= 15 is 0 Å². The van der Waals surface area contributed by atoms with Crippen molar-refractivity contribution in [2.24, 2.45) is 5.73 Å². The van der Waals surface area contributed by atoms with Gasteiger partial charge in [-0.2, -0.15) is 13.2 Å². The quantitative estimate of drug-likeness (QED) is 0.659. The molecule has 2 amide bonds. The van der Waals surface area contributed by atoms with Crippen molar-refractivity contribution < 1.29 is 22.7 Å². The topological polar surface area (TPSA) is 71.7 Å². The Morgan fingerprint density at radius 3 is 2.53 bits per heavy atom. The van der Waals surface area contributed by atoms with E-state index in [4.69, 9.17) is 10.5 Å². The summed E-state index contributed by atoms with van der Waals surface area (Å²) in [5, 5.41) is 0.559. The number of hydrogen-bond donors (Lipinski definition) is 1. The molecule has 2 heterocycles. The van der Waals surface area contributed by atoms with E-state index in [0.717, 1.165) is 17.3 Å². The Hall–Kier alpha value is -3.49. The molecule has 6 nitrogen and oxygen atoms in total. The number of amides is 2. The van der Waals surface area contributed by atoms with Gasteiger partial charge in [0.25, 0.3) is 0 Å². The Morgan fingerprint density at radius 1 is 1.12 bits per heavy atom. The van der Waals surface area contributed by atoms with E-state index in [1.807, 2.05) is 36.4 Å². The molecule has 32 heavy (non-hydrogen) atoms. The average Bonchev–Trinajstić information content (AvgIpc) is 2.77. The number of fused-ring (bicyclic) bond motifs is 1. The molecule has 1 atom stereocenters. The van der Waals surface area contributed by atoms with Gasteiger partial charge in [0.2, 0.25) is 0 Å². The first-order chi connectivity index (χ1) is 15.3. The fraction of sp³-hybridized carbons (Fsp3) is 0.304. The second-order valence-corrected chi connectivity index (χ2v) is 7.70. The van der Waals surface area contributed by atoms with Crippen LogP contribution in [0.5, 0.6) is 5.75 Å². The van der Waals surface area contributed by atoms with Crippen LogP contribution < -0.4 is 15.4 Å². The first-order valence-corrected chi connectivity index (χ1v) is 10.2. The van der Waals surface area contributed by atoms with Crippen molar-refractivity contribution in [1.82, 2.24) is 9.88 Å². The second kappa shape index (κ2) is 8.57. The van der Waals surface area contributed by atoms with Gasteiger partial charge in [-0.15, -0.1) is 0 Å². The van der Waals surface area contributed by atoms with E-state index in [-0.39, 0.29) is 17.3 Å².